The SMILES string of the molecule is Cc1cccc(Cl)c1C([O-])=PCC(C)C. The Labute approximate surface area is 97.9 Å². The Morgan fingerprint density at radius 2 is 2.13 bits per heavy atom. The van der Waals surface area contributed by atoms with Gasteiger partial charge in [0.2, 0.25) is 0 Å². The van der Waals surface area contributed by atoms with Crippen LogP contribution in [0.3, 0.4) is 0 Å². The number of hydrogen-bond donors (Lipinski definition) is 0. The second-order valence-corrected chi connectivity index (χ2v) is 5.47. The smallest absolute Gasteiger partial charge is 0.0474 e. The zero-order valence-corrected chi connectivity index (χ0v) is 10.9. The van der Waals surface area contributed by atoms with Gasteiger partial charge >= 0.3 is 0 Å². The predicted molar refractivity (Wildman–Crippen MR) is 66.9 cm³/mol. The lowest BCUT2D eigenvalue weighted by Gasteiger charge is -2.17. The molecule has 0 fully saturated rings. The minimum atomic E-state index is 0.131. The predicted octanol–water partition coefficient (Wildman–Crippen LogP) is 3.09. The van der Waals surface area contributed by atoms with Crippen molar-refractivity contribution >= 4 is 25.3 Å². The highest BCUT2D eigenvalue weighted by Crippen LogP contribution is 2.21. The first kappa shape index (κ1) is 12.7. The molecule has 0 N–H and O–H groups in total. The van der Waals surface area contributed by atoms with Crippen LogP contribution in [0.15, 0.2) is 18.2 Å². The molecule has 82 valence electrons. The van der Waals surface area contributed by atoms with Crippen LogP contribution in [0.1, 0.15) is 25.0 Å². The Morgan fingerprint density at radius 1 is 1.47 bits per heavy atom. The van der Waals surface area contributed by atoms with Crippen LogP contribution in [0.25, 0.3) is 0 Å². The molecule has 1 rings (SSSR count). The van der Waals surface area contributed by atoms with Gasteiger partial charge in [-0.05, 0) is 36.2 Å². The number of rotatable bonds is 3. The van der Waals surface area contributed by atoms with Crippen LogP contribution in [0.4, 0.5) is 0 Å². The standard InChI is InChI=1S/C12H16ClOP/c1-8(2)7-15-12(14)11-9(3)5-4-6-10(11)13/h4-6,8,14H,7H2,1-3H3/p-1. The topological polar surface area (TPSA) is 23.1 Å². The molecular formula is C12H15ClOP-. The summed E-state index contributed by atoms with van der Waals surface area (Å²) in [4.78, 5) is 0. The van der Waals surface area contributed by atoms with E-state index in [4.69, 9.17) is 11.6 Å². The second-order valence-electron chi connectivity index (χ2n) is 3.97. The quantitative estimate of drug-likeness (QED) is 0.746. The lowest BCUT2D eigenvalue weighted by Crippen LogP contribution is -2.18. The maximum absolute atomic E-state index is 11.9. The lowest BCUT2D eigenvalue weighted by molar-refractivity contribution is -0.207. The van der Waals surface area contributed by atoms with Gasteiger partial charge in [0.05, 0.1) is 0 Å². The summed E-state index contributed by atoms with van der Waals surface area (Å²) >= 11 is 6.01. The monoisotopic (exact) mass is 241 g/mol. The van der Waals surface area contributed by atoms with Crippen molar-refractivity contribution in [1.29, 1.82) is 0 Å². The third kappa shape index (κ3) is 3.61. The molecule has 0 aliphatic rings. The van der Waals surface area contributed by atoms with Crippen molar-refractivity contribution in [2.45, 2.75) is 20.8 Å². The molecule has 0 atom stereocenters. The fraction of sp³-hybridized carbons (Fsp3) is 0.417. The molecule has 0 aliphatic carbocycles. The summed E-state index contributed by atoms with van der Waals surface area (Å²) in [6, 6.07) is 5.56. The summed E-state index contributed by atoms with van der Waals surface area (Å²) in [5, 5.41) is 12.5. The molecule has 1 nitrogen and oxygen atoms in total. The van der Waals surface area contributed by atoms with Gasteiger partial charge in [-0.2, -0.15) is 0 Å². The molecule has 0 saturated carbocycles. The van der Waals surface area contributed by atoms with Crippen molar-refractivity contribution in [3.05, 3.63) is 34.3 Å². The molecule has 0 unspecified atom stereocenters. The highest BCUT2D eigenvalue weighted by molar-refractivity contribution is 7.40. The Morgan fingerprint density at radius 3 is 2.67 bits per heavy atom. The first-order valence-electron chi connectivity index (χ1n) is 4.99. The van der Waals surface area contributed by atoms with Crippen LogP contribution in [0.5, 0.6) is 0 Å². The van der Waals surface area contributed by atoms with E-state index >= 15 is 0 Å². The van der Waals surface area contributed by atoms with Gasteiger partial charge in [0.1, 0.15) is 0 Å². The van der Waals surface area contributed by atoms with Crippen LogP contribution in [0, 0.1) is 12.8 Å². The number of hydrogen-bond acceptors (Lipinski definition) is 1. The zero-order valence-electron chi connectivity index (χ0n) is 9.25. The van der Waals surface area contributed by atoms with Gasteiger partial charge in [0.25, 0.3) is 0 Å². The van der Waals surface area contributed by atoms with E-state index in [0.29, 0.717) is 16.5 Å². The van der Waals surface area contributed by atoms with E-state index in [0.717, 1.165) is 19.9 Å². The average molecular weight is 242 g/mol. The second kappa shape index (κ2) is 5.65. The van der Waals surface area contributed by atoms with Crippen molar-refractivity contribution < 1.29 is 5.11 Å². The first-order chi connectivity index (χ1) is 7.02. The minimum absolute atomic E-state index is 0.131. The van der Waals surface area contributed by atoms with E-state index in [2.05, 4.69) is 13.8 Å². The Bertz CT molecular complexity index is 352. The van der Waals surface area contributed by atoms with E-state index in [9.17, 15) is 5.11 Å². The zero-order chi connectivity index (χ0) is 11.4. The molecule has 15 heavy (non-hydrogen) atoms. The molecule has 0 saturated heterocycles. The van der Waals surface area contributed by atoms with Gasteiger partial charge in [-0.1, -0.05) is 37.6 Å². The average Bonchev–Trinajstić information content (AvgIpc) is 2.14. The molecule has 1 aromatic rings. The molecular weight excluding hydrogens is 227 g/mol. The van der Waals surface area contributed by atoms with Crippen LogP contribution in [-0.2, 0) is 0 Å². The molecule has 0 bridgehead atoms. The molecule has 0 heterocycles. The molecule has 0 amide bonds. The van der Waals surface area contributed by atoms with Gasteiger partial charge < -0.3 is 5.11 Å². The maximum atomic E-state index is 11.9. The van der Waals surface area contributed by atoms with Crippen LogP contribution in [0.2, 0.25) is 5.02 Å². The highest BCUT2D eigenvalue weighted by atomic mass is 35.5. The van der Waals surface area contributed by atoms with Crippen molar-refractivity contribution in [2.75, 3.05) is 6.16 Å². The minimum Gasteiger partial charge on any atom is -0.823 e. The number of benzene rings is 1. The summed E-state index contributed by atoms with van der Waals surface area (Å²) in [6.45, 7) is 6.14. The van der Waals surface area contributed by atoms with Gasteiger partial charge in [0, 0.05) is 5.02 Å². The summed E-state index contributed by atoms with van der Waals surface area (Å²) in [5.41, 5.74) is 1.78. The third-order valence-corrected chi connectivity index (χ3v) is 3.77. The van der Waals surface area contributed by atoms with E-state index in [-0.39, 0.29) is 5.48 Å². The fourth-order valence-corrected chi connectivity index (χ4v) is 2.61. The van der Waals surface area contributed by atoms with Gasteiger partial charge in [0.15, 0.2) is 0 Å². The fourth-order valence-electron chi connectivity index (χ4n) is 1.25. The van der Waals surface area contributed by atoms with Gasteiger partial charge in [-0.25, -0.2) is 0 Å². The van der Waals surface area contributed by atoms with Gasteiger partial charge in [-0.15, -0.1) is 13.7 Å². The van der Waals surface area contributed by atoms with E-state index < -0.39 is 0 Å². The molecule has 3 heteroatoms. The van der Waals surface area contributed by atoms with Crippen LogP contribution in [-0.4, -0.2) is 11.6 Å². The Kier molecular flexibility index (Phi) is 4.79. The molecule has 1 aromatic carbocycles. The van der Waals surface area contributed by atoms with Crippen molar-refractivity contribution in [3.63, 3.8) is 0 Å². The molecule has 0 aliphatic heterocycles. The van der Waals surface area contributed by atoms with E-state index in [1.165, 1.54) is 0 Å². The van der Waals surface area contributed by atoms with Crippen molar-refractivity contribution in [3.8, 4) is 0 Å². The normalized spacial score (nSPS) is 12.3. The lowest BCUT2D eigenvalue weighted by atomic mass is 10.1. The summed E-state index contributed by atoms with van der Waals surface area (Å²) in [7, 11) is 0.838. The highest BCUT2D eigenvalue weighted by Gasteiger charge is 2.01. The largest absolute Gasteiger partial charge is 0.823 e. The van der Waals surface area contributed by atoms with E-state index in [1.54, 1.807) is 6.07 Å². The molecule has 0 radical (unpaired) electrons. The summed E-state index contributed by atoms with van der Waals surface area (Å²) in [6.07, 6.45) is 0.892. The van der Waals surface area contributed by atoms with E-state index in [1.807, 2.05) is 19.1 Å². The first-order valence-corrected chi connectivity index (χ1v) is 6.45. The van der Waals surface area contributed by atoms with Crippen LogP contribution >= 0.6 is 19.8 Å². The Hall–Kier alpha value is -0.360. The maximum Gasteiger partial charge on any atom is 0.0474 e. The molecule has 0 aromatic heterocycles. The summed E-state index contributed by atoms with van der Waals surface area (Å²) < 4.78 is 0. The molecule has 0 spiro atoms. The number of halogens is 1. The van der Waals surface area contributed by atoms with Crippen molar-refractivity contribution in [2.24, 2.45) is 5.92 Å². The third-order valence-electron chi connectivity index (χ3n) is 2.04. The van der Waals surface area contributed by atoms with Crippen molar-refractivity contribution in [1.82, 2.24) is 0 Å². The number of aryl methyl sites for hydroxylation is 1. The van der Waals surface area contributed by atoms with Gasteiger partial charge in [-0.3, -0.25) is 0 Å². The van der Waals surface area contributed by atoms with Crippen LogP contribution < -0.4 is 5.11 Å². The summed E-state index contributed by atoms with van der Waals surface area (Å²) in [5.74, 6) is 0.540. The Balaban J connectivity index is 3.00.